The lowest BCUT2D eigenvalue weighted by atomic mass is 9.89. The van der Waals surface area contributed by atoms with Gasteiger partial charge in [-0.05, 0) is 18.9 Å². The van der Waals surface area contributed by atoms with E-state index in [-0.39, 0.29) is 5.54 Å². The van der Waals surface area contributed by atoms with E-state index in [1.165, 1.54) is 5.56 Å². The van der Waals surface area contributed by atoms with Crippen molar-refractivity contribution in [1.82, 2.24) is 4.90 Å². The Hall–Kier alpha value is -1.10. The molecule has 1 saturated heterocycles. The van der Waals surface area contributed by atoms with Gasteiger partial charge < -0.3 is 15.2 Å². The lowest BCUT2D eigenvalue weighted by molar-refractivity contribution is -0.0498. The van der Waals surface area contributed by atoms with Crippen molar-refractivity contribution >= 4 is 0 Å². The van der Waals surface area contributed by atoms with Gasteiger partial charge in [0.25, 0.3) is 0 Å². The van der Waals surface area contributed by atoms with E-state index in [0.717, 1.165) is 51.5 Å². The first-order chi connectivity index (χ1) is 9.34. The van der Waals surface area contributed by atoms with Gasteiger partial charge in [-0.2, -0.15) is 0 Å². The quantitative estimate of drug-likeness (QED) is 0.875. The molecule has 0 spiro atoms. The van der Waals surface area contributed by atoms with Gasteiger partial charge in [0.2, 0.25) is 0 Å². The maximum absolute atomic E-state index is 6.08. The summed E-state index contributed by atoms with van der Waals surface area (Å²) in [5, 5.41) is 0. The third kappa shape index (κ3) is 2.48. The highest BCUT2D eigenvalue weighted by Gasteiger charge is 2.38. The monoisotopic (exact) mass is 262 g/mol. The first kappa shape index (κ1) is 12.9. The van der Waals surface area contributed by atoms with E-state index in [1.807, 2.05) is 12.1 Å². The average molecular weight is 262 g/mol. The Balaban J connectivity index is 1.84. The largest absolute Gasteiger partial charge is 0.492 e. The van der Waals surface area contributed by atoms with Gasteiger partial charge in [0, 0.05) is 31.8 Å². The molecule has 1 aromatic carbocycles. The molecule has 1 atom stereocenters. The fourth-order valence-electron chi connectivity index (χ4n) is 3.11. The normalized spacial score (nSPS) is 28.3. The standard InChI is InChI=1S/C15H22N2O2/c16-11-15(6-3-8-18-12-15)17-7-9-19-14-5-2-1-4-13(14)10-17/h1-2,4-5H,3,6-12,16H2. The van der Waals surface area contributed by atoms with E-state index in [9.17, 15) is 0 Å². The van der Waals surface area contributed by atoms with Crippen LogP contribution >= 0.6 is 0 Å². The molecule has 0 saturated carbocycles. The van der Waals surface area contributed by atoms with Crippen LogP contribution in [0.25, 0.3) is 0 Å². The third-order valence-electron chi connectivity index (χ3n) is 4.30. The zero-order chi connectivity index (χ0) is 13.1. The molecule has 2 heterocycles. The van der Waals surface area contributed by atoms with E-state index >= 15 is 0 Å². The van der Waals surface area contributed by atoms with E-state index in [1.54, 1.807) is 0 Å². The summed E-state index contributed by atoms with van der Waals surface area (Å²) in [5.74, 6) is 1.01. The molecule has 1 unspecified atom stereocenters. The Labute approximate surface area is 114 Å². The molecule has 1 fully saturated rings. The Morgan fingerprint density at radius 2 is 2.16 bits per heavy atom. The summed E-state index contributed by atoms with van der Waals surface area (Å²) in [7, 11) is 0. The second-order valence-electron chi connectivity index (χ2n) is 5.46. The van der Waals surface area contributed by atoms with Crippen molar-refractivity contribution in [1.29, 1.82) is 0 Å². The first-order valence-corrected chi connectivity index (χ1v) is 7.08. The highest BCUT2D eigenvalue weighted by molar-refractivity contribution is 5.34. The molecule has 4 nitrogen and oxygen atoms in total. The van der Waals surface area contributed by atoms with Crippen LogP contribution in [-0.4, -0.2) is 43.3 Å². The van der Waals surface area contributed by atoms with Crippen molar-refractivity contribution in [3.63, 3.8) is 0 Å². The van der Waals surface area contributed by atoms with Crippen molar-refractivity contribution in [3.05, 3.63) is 29.8 Å². The van der Waals surface area contributed by atoms with Gasteiger partial charge in [0.15, 0.2) is 0 Å². The number of rotatable bonds is 2. The highest BCUT2D eigenvalue weighted by atomic mass is 16.5. The minimum atomic E-state index is -0.0148. The van der Waals surface area contributed by atoms with Crippen LogP contribution in [0.5, 0.6) is 5.75 Å². The molecule has 0 aliphatic carbocycles. The molecule has 2 N–H and O–H groups in total. The van der Waals surface area contributed by atoms with Crippen molar-refractivity contribution in [2.24, 2.45) is 5.73 Å². The van der Waals surface area contributed by atoms with Gasteiger partial charge in [-0.3, -0.25) is 4.90 Å². The predicted molar refractivity (Wildman–Crippen MR) is 74.2 cm³/mol. The van der Waals surface area contributed by atoms with Crippen LogP contribution in [0.3, 0.4) is 0 Å². The number of hydrogen-bond acceptors (Lipinski definition) is 4. The molecular weight excluding hydrogens is 240 g/mol. The molecule has 0 bridgehead atoms. The number of nitrogens with zero attached hydrogens (tertiary/aromatic N) is 1. The summed E-state index contributed by atoms with van der Waals surface area (Å²) >= 11 is 0. The summed E-state index contributed by atoms with van der Waals surface area (Å²) in [6.45, 7) is 4.79. The van der Waals surface area contributed by atoms with Crippen LogP contribution in [0.2, 0.25) is 0 Å². The highest BCUT2D eigenvalue weighted by Crippen LogP contribution is 2.31. The molecule has 4 heteroatoms. The van der Waals surface area contributed by atoms with Crippen molar-refractivity contribution < 1.29 is 9.47 Å². The zero-order valence-electron chi connectivity index (χ0n) is 11.3. The maximum atomic E-state index is 6.08. The average Bonchev–Trinajstić information content (AvgIpc) is 2.70. The van der Waals surface area contributed by atoms with Gasteiger partial charge in [0.05, 0.1) is 12.1 Å². The van der Waals surface area contributed by atoms with Crippen LogP contribution in [0.15, 0.2) is 24.3 Å². The molecule has 104 valence electrons. The topological polar surface area (TPSA) is 47.7 Å². The molecule has 3 rings (SSSR count). The summed E-state index contributed by atoms with van der Waals surface area (Å²) < 4.78 is 11.5. The molecule has 0 aromatic heterocycles. The van der Waals surface area contributed by atoms with Crippen LogP contribution < -0.4 is 10.5 Å². The molecular formula is C15H22N2O2. The predicted octanol–water partition coefficient (Wildman–Crippen LogP) is 1.39. The molecule has 2 aliphatic heterocycles. The molecule has 2 aliphatic rings. The van der Waals surface area contributed by atoms with E-state index in [2.05, 4.69) is 17.0 Å². The molecule has 19 heavy (non-hydrogen) atoms. The Bertz CT molecular complexity index is 430. The van der Waals surface area contributed by atoms with Crippen molar-refractivity contribution in [2.45, 2.75) is 24.9 Å². The van der Waals surface area contributed by atoms with Crippen LogP contribution in [0, 0.1) is 0 Å². The van der Waals surface area contributed by atoms with Crippen molar-refractivity contribution in [3.8, 4) is 5.75 Å². The number of ether oxygens (including phenoxy) is 2. The van der Waals surface area contributed by atoms with Gasteiger partial charge in [0.1, 0.15) is 12.4 Å². The molecule has 0 radical (unpaired) electrons. The second kappa shape index (κ2) is 5.49. The molecule has 1 aromatic rings. The first-order valence-electron chi connectivity index (χ1n) is 7.08. The lowest BCUT2D eigenvalue weighted by Gasteiger charge is -2.44. The number of benzene rings is 1. The van der Waals surface area contributed by atoms with Gasteiger partial charge >= 0.3 is 0 Å². The maximum Gasteiger partial charge on any atom is 0.123 e. The number of fused-ring (bicyclic) bond motifs is 1. The summed E-state index contributed by atoms with van der Waals surface area (Å²) in [4.78, 5) is 2.46. The second-order valence-corrected chi connectivity index (χ2v) is 5.46. The number of nitrogens with two attached hydrogens (primary N) is 1. The summed E-state index contributed by atoms with van der Waals surface area (Å²) in [6, 6.07) is 8.28. The van der Waals surface area contributed by atoms with Gasteiger partial charge in [-0.25, -0.2) is 0 Å². The third-order valence-corrected chi connectivity index (χ3v) is 4.30. The summed E-state index contributed by atoms with van der Waals surface area (Å²) in [6.07, 6.45) is 2.21. The zero-order valence-corrected chi connectivity index (χ0v) is 11.3. The van der Waals surface area contributed by atoms with Crippen LogP contribution in [-0.2, 0) is 11.3 Å². The Morgan fingerprint density at radius 1 is 1.26 bits per heavy atom. The Kier molecular flexibility index (Phi) is 3.73. The SMILES string of the molecule is NCC1(N2CCOc3ccccc3C2)CCCOC1. The fourth-order valence-corrected chi connectivity index (χ4v) is 3.11. The summed E-state index contributed by atoms with van der Waals surface area (Å²) in [5.41, 5.74) is 7.31. The van der Waals surface area contributed by atoms with Crippen LogP contribution in [0.4, 0.5) is 0 Å². The Morgan fingerprint density at radius 3 is 2.95 bits per heavy atom. The number of para-hydroxylation sites is 1. The van der Waals surface area contributed by atoms with Crippen LogP contribution in [0.1, 0.15) is 18.4 Å². The van der Waals surface area contributed by atoms with Gasteiger partial charge in [-0.1, -0.05) is 18.2 Å². The smallest absolute Gasteiger partial charge is 0.123 e. The van der Waals surface area contributed by atoms with Gasteiger partial charge in [-0.15, -0.1) is 0 Å². The van der Waals surface area contributed by atoms with E-state index in [0.29, 0.717) is 6.54 Å². The minimum absolute atomic E-state index is 0.0148. The lowest BCUT2D eigenvalue weighted by Crippen LogP contribution is -2.58. The van der Waals surface area contributed by atoms with E-state index in [4.69, 9.17) is 15.2 Å². The number of hydrogen-bond donors (Lipinski definition) is 1. The fraction of sp³-hybridized carbons (Fsp3) is 0.600. The van der Waals surface area contributed by atoms with E-state index < -0.39 is 0 Å². The minimum Gasteiger partial charge on any atom is -0.492 e. The molecule has 0 amide bonds. The van der Waals surface area contributed by atoms with Crippen molar-refractivity contribution in [2.75, 3.05) is 32.9 Å².